The van der Waals surface area contributed by atoms with Crippen molar-refractivity contribution in [1.29, 1.82) is 0 Å². The predicted molar refractivity (Wildman–Crippen MR) is 41.0 cm³/mol. The Morgan fingerprint density at radius 3 is 3.50 bits per heavy atom. The van der Waals surface area contributed by atoms with Crippen molar-refractivity contribution >= 4 is 18.1 Å². The summed E-state index contributed by atoms with van der Waals surface area (Å²) >= 11 is 0. The molecule has 2 heterocycles. The Hall–Kier alpha value is -1.53. The predicted octanol–water partition coefficient (Wildman–Crippen LogP) is -0.227. The fourth-order valence-corrected chi connectivity index (χ4v) is 0.923. The molecule has 0 unspecified atom stereocenters. The second-order valence-electron chi connectivity index (χ2n) is 2.07. The van der Waals surface area contributed by atoms with Crippen LogP contribution in [0.4, 0.5) is 0 Å². The first-order valence-corrected chi connectivity index (χ1v) is 3.09. The summed E-state index contributed by atoms with van der Waals surface area (Å²) in [5.74, 6) is 2.75. The maximum absolute atomic E-state index is 3.89. The molecular formula is C8H6N2. The molecular weight excluding hydrogens is 124 g/mol. The molecule has 2 rings (SSSR count). The van der Waals surface area contributed by atoms with Gasteiger partial charge in [0.05, 0.1) is 11.5 Å². The summed E-state index contributed by atoms with van der Waals surface area (Å²) in [6, 6.07) is 2.00. The minimum absolute atomic E-state index is 1.04. The van der Waals surface area contributed by atoms with Crippen molar-refractivity contribution in [2.45, 2.75) is 0 Å². The first-order chi connectivity index (χ1) is 4.97. The Balaban J connectivity index is 2.94. The van der Waals surface area contributed by atoms with Crippen molar-refractivity contribution in [2.24, 2.45) is 4.99 Å². The van der Waals surface area contributed by atoms with E-state index in [1.165, 1.54) is 0 Å². The van der Waals surface area contributed by atoms with E-state index >= 15 is 0 Å². The zero-order valence-electron chi connectivity index (χ0n) is 5.33. The van der Waals surface area contributed by atoms with E-state index in [9.17, 15) is 0 Å². The van der Waals surface area contributed by atoms with E-state index in [1.807, 2.05) is 18.3 Å². The van der Waals surface area contributed by atoms with Gasteiger partial charge in [-0.1, -0.05) is 0 Å². The third kappa shape index (κ3) is 0.714. The summed E-state index contributed by atoms with van der Waals surface area (Å²) in [6.45, 7) is 0. The zero-order chi connectivity index (χ0) is 6.81. The second-order valence-corrected chi connectivity index (χ2v) is 2.07. The Labute approximate surface area is 57.9 Å². The molecule has 0 bridgehead atoms. The van der Waals surface area contributed by atoms with Gasteiger partial charge in [-0.25, -0.2) is 4.99 Å². The summed E-state index contributed by atoms with van der Waals surface area (Å²) in [6.07, 6.45) is 7.43. The highest BCUT2D eigenvalue weighted by molar-refractivity contribution is 5.66. The van der Waals surface area contributed by atoms with Crippen LogP contribution in [0.2, 0.25) is 0 Å². The number of rotatable bonds is 0. The van der Waals surface area contributed by atoms with Crippen molar-refractivity contribution in [1.82, 2.24) is 4.98 Å². The Morgan fingerprint density at radius 1 is 1.50 bits per heavy atom. The second kappa shape index (κ2) is 2.01. The summed E-state index contributed by atoms with van der Waals surface area (Å²) in [4.78, 5) is 6.95. The van der Waals surface area contributed by atoms with Crippen molar-refractivity contribution in [2.75, 3.05) is 0 Å². The van der Waals surface area contributed by atoms with Gasteiger partial charge in [-0.3, -0.25) is 0 Å². The topological polar surface area (TPSA) is 28.1 Å². The third-order valence-corrected chi connectivity index (χ3v) is 1.42. The minimum atomic E-state index is 1.04. The van der Waals surface area contributed by atoms with E-state index in [2.05, 4.69) is 15.8 Å². The number of aromatic amines is 1. The first-order valence-electron chi connectivity index (χ1n) is 3.09. The van der Waals surface area contributed by atoms with Crippen molar-refractivity contribution < 1.29 is 0 Å². The number of nitrogens with one attached hydrogen (secondary N) is 1. The largest absolute Gasteiger partial charge is 0.360 e. The molecule has 0 aliphatic carbocycles. The summed E-state index contributed by atoms with van der Waals surface area (Å²) in [7, 11) is 0. The molecule has 0 saturated heterocycles. The Kier molecular flexibility index (Phi) is 1.06. The van der Waals surface area contributed by atoms with Crippen molar-refractivity contribution in [3.05, 3.63) is 28.9 Å². The number of nitrogens with zero attached hydrogens (tertiary/aromatic N) is 1. The highest BCUT2D eigenvalue weighted by atomic mass is 14.7. The zero-order valence-corrected chi connectivity index (χ0v) is 5.33. The maximum atomic E-state index is 3.89. The van der Waals surface area contributed by atoms with E-state index in [4.69, 9.17) is 0 Å². The average molecular weight is 130 g/mol. The number of aromatic nitrogens is 1. The summed E-state index contributed by atoms with van der Waals surface area (Å²) < 4.78 is 0. The SMILES string of the molecule is C1=CC=c2cc[nH]c2=CN=1. The maximum Gasteiger partial charge on any atom is 0.0648 e. The van der Waals surface area contributed by atoms with Crippen LogP contribution >= 0.6 is 0 Å². The van der Waals surface area contributed by atoms with Gasteiger partial charge in [-0.2, -0.15) is 0 Å². The van der Waals surface area contributed by atoms with Crippen LogP contribution in [0.3, 0.4) is 0 Å². The highest BCUT2D eigenvalue weighted by Gasteiger charge is 1.83. The number of H-pyrrole nitrogens is 1. The van der Waals surface area contributed by atoms with E-state index in [0.717, 1.165) is 10.6 Å². The smallest absolute Gasteiger partial charge is 0.0648 e. The molecule has 0 spiro atoms. The fourth-order valence-electron chi connectivity index (χ4n) is 0.923. The molecule has 10 heavy (non-hydrogen) atoms. The van der Waals surface area contributed by atoms with Crippen LogP contribution in [0.5, 0.6) is 0 Å². The lowest BCUT2D eigenvalue weighted by Crippen LogP contribution is -2.20. The summed E-state index contributed by atoms with van der Waals surface area (Å²) in [5.41, 5.74) is 0. The van der Waals surface area contributed by atoms with E-state index < -0.39 is 0 Å². The fraction of sp³-hybridized carbons (Fsp3) is 0. The van der Waals surface area contributed by atoms with Crippen LogP contribution < -0.4 is 10.6 Å². The molecule has 2 heteroatoms. The molecule has 2 nitrogen and oxygen atoms in total. The first kappa shape index (κ1) is 5.27. The molecule has 1 N–H and O–H groups in total. The lowest BCUT2D eigenvalue weighted by Gasteiger charge is -1.70. The van der Waals surface area contributed by atoms with Gasteiger partial charge in [0.2, 0.25) is 0 Å². The van der Waals surface area contributed by atoms with Gasteiger partial charge in [0, 0.05) is 17.5 Å². The molecule has 0 fully saturated rings. The molecule has 48 valence electrons. The van der Waals surface area contributed by atoms with E-state index in [-0.39, 0.29) is 0 Å². The molecule has 0 atom stereocenters. The van der Waals surface area contributed by atoms with Crippen molar-refractivity contribution in [3.8, 4) is 0 Å². The number of hydrogen-bond acceptors (Lipinski definition) is 1. The van der Waals surface area contributed by atoms with Gasteiger partial charge in [0.1, 0.15) is 0 Å². The van der Waals surface area contributed by atoms with Crippen molar-refractivity contribution in [3.63, 3.8) is 0 Å². The highest BCUT2D eigenvalue weighted by Crippen LogP contribution is 1.73. The standard InChI is InChI=1S/C8H6N2/c1-2-7-3-5-10-8(7)6-9-4-1/h1-3,5-6,10H. The summed E-state index contributed by atoms with van der Waals surface area (Å²) in [5, 5.41) is 2.20. The van der Waals surface area contributed by atoms with Gasteiger partial charge in [0.25, 0.3) is 0 Å². The molecule has 1 aliphatic heterocycles. The van der Waals surface area contributed by atoms with Crippen LogP contribution in [0.25, 0.3) is 12.3 Å². The molecule has 1 aromatic rings. The van der Waals surface area contributed by atoms with E-state index in [0.29, 0.717) is 0 Å². The quantitative estimate of drug-likeness (QED) is 0.502. The molecule has 0 amide bonds. The third-order valence-electron chi connectivity index (χ3n) is 1.42. The molecule has 0 radical (unpaired) electrons. The average Bonchev–Trinajstić information content (AvgIpc) is 2.28. The Bertz CT molecular complexity index is 368. The van der Waals surface area contributed by atoms with Crippen LogP contribution in [0, 0.1) is 0 Å². The van der Waals surface area contributed by atoms with Crippen LogP contribution in [-0.2, 0) is 0 Å². The van der Waals surface area contributed by atoms with Gasteiger partial charge >= 0.3 is 0 Å². The van der Waals surface area contributed by atoms with Crippen LogP contribution in [-0.4, -0.2) is 10.9 Å². The van der Waals surface area contributed by atoms with Gasteiger partial charge in [0.15, 0.2) is 0 Å². The number of hydrogen-bond donors (Lipinski definition) is 1. The van der Waals surface area contributed by atoms with Gasteiger partial charge in [-0.05, 0) is 18.0 Å². The van der Waals surface area contributed by atoms with Crippen LogP contribution in [0.15, 0.2) is 23.3 Å². The lowest BCUT2D eigenvalue weighted by molar-refractivity contribution is 1.31. The Morgan fingerprint density at radius 2 is 2.50 bits per heavy atom. The molecule has 0 saturated carbocycles. The molecule has 1 aromatic heterocycles. The number of fused-ring (bicyclic) bond motifs is 1. The van der Waals surface area contributed by atoms with E-state index in [1.54, 1.807) is 12.3 Å². The lowest BCUT2D eigenvalue weighted by atomic mass is 10.4. The van der Waals surface area contributed by atoms with Gasteiger partial charge < -0.3 is 4.98 Å². The molecule has 1 aliphatic rings. The molecule has 0 aromatic carbocycles. The van der Waals surface area contributed by atoms with Gasteiger partial charge in [-0.15, -0.1) is 0 Å². The van der Waals surface area contributed by atoms with Crippen LogP contribution in [0.1, 0.15) is 0 Å². The number of allylic oxidation sites excluding steroid dienone is 1. The minimum Gasteiger partial charge on any atom is -0.360 e. The normalized spacial score (nSPS) is 13.2. The monoisotopic (exact) mass is 130 g/mol. The number of aliphatic imine (C=N–C) groups is 1.